The van der Waals surface area contributed by atoms with Crippen LogP contribution in [-0.2, 0) is 16.1 Å². The predicted octanol–water partition coefficient (Wildman–Crippen LogP) is 5.66. The number of esters is 1. The molecule has 11 heteroatoms. The molecule has 0 atom stereocenters. The molecule has 2 aromatic heterocycles. The van der Waals surface area contributed by atoms with E-state index in [2.05, 4.69) is 43.5 Å². The Kier molecular flexibility index (Phi) is 6.83. The number of halogens is 1. The van der Waals surface area contributed by atoms with Gasteiger partial charge in [0.1, 0.15) is 17.0 Å². The van der Waals surface area contributed by atoms with Gasteiger partial charge in [-0.2, -0.15) is 4.80 Å². The molecule has 1 fully saturated rings. The minimum atomic E-state index is -0.571. The molecule has 0 radical (unpaired) electrons. The third-order valence-corrected chi connectivity index (χ3v) is 8.18. The van der Waals surface area contributed by atoms with Crippen LogP contribution in [0.4, 0.5) is 5.13 Å². The number of rotatable bonds is 5. The van der Waals surface area contributed by atoms with Gasteiger partial charge in [0.25, 0.3) is 0 Å². The molecule has 1 saturated heterocycles. The Hall–Kier alpha value is -3.76. The Morgan fingerprint density at radius 1 is 1.10 bits per heavy atom. The summed E-state index contributed by atoms with van der Waals surface area (Å²) in [7, 11) is 0. The summed E-state index contributed by atoms with van der Waals surface area (Å²) >= 11 is 8.13. The minimum absolute atomic E-state index is 0.100. The maximum Gasteiger partial charge on any atom is 0.330 e. The second-order valence-electron chi connectivity index (χ2n) is 10.9. The van der Waals surface area contributed by atoms with Crippen molar-refractivity contribution < 1.29 is 14.3 Å². The third kappa shape index (κ3) is 5.46. The molecule has 0 bridgehead atoms. The second-order valence-corrected chi connectivity index (χ2v) is 12.3. The number of hydrogen-bond acceptors (Lipinski definition) is 9. The summed E-state index contributed by atoms with van der Waals surface area (Å²) in [5, 5.41) is 14.1. The molecule has 206 valence electrons. The van der Waals surface area contributed by atoms with E-state index in [0.29, 0.717) is 5.82 Å². The number of carbonyl (C=O) groups excluding carboxylic acids is 1. The number of piperidine rings is 1. The first kappa shape index (κ1) is 26.5. The van der Waals surface area contributed by atoms with Gasteiger partial charge in [-0.25, -0.2) is 9.78 Å². The normalized spacial score (nSPS) is 16.3. The quantitative estimate of drug-likeness (QED) is 0.281. The number of aromatic nitrogens is 5. The first-order valence-corrected chi connectivity index (χ1v) is 14.3. The van der Waals surface area contributed by atoms with Crippen LogP contribution in [0.15, 0.2) is 60.8 Å². The van der Waals surface area contributed by atoms with Crippen LogP contribution in [0.2, 0.25) is 5.02 Å². The molecule has 2 aliphatic heterocycles. The average molecular weight is 577 g/mol. The van der Waals surface area contributed by atoms with Crippen molar-refractivity contribution >= 4 is 39.6 Å². The number of anilines is 1. The average Bonchev–Trinajstić information content (AvgIpc) is 3.58. The summed E-state index contributed by atoms with van der Waals surface area (Å²) in [4.78, 5) is 21.0. The van der Waals surface area contributed by atoms with Gasteiger partial charge in [-0.3, -0.25) is 0 Å². The summed E-state index contributed by atoms with van der Waals surface area (Å²) in [6, 6.07) is 16.1. The molecular formula is C29H29ClN6O3S. The SMILES string of the molecule is CC(C)(C)OC(=O)Cn1nnc(-c2cnc(N3CCC4(C=C(c5ccccc5Cl)c5ccccc5O4)CC3)s2)n1. The van der Waals surface area contributed by atoms with Gasteiger partial charge in [0.2, 0.25) is 5.82 Å². The molecule has 4 aromatic rings. The summed E-state index contributed by atoms with van der Waals surface area (Å²) in [6.07, 6.45) is 5.61. The molecule has 0 unspecified atom stereocenters. The van der Waals surface area contributed by atoms with E-state index >= 15 is 0 Å². The Balaban J connectivity index is 1.17. The topological polar surface area (TPSA) is 95.3 Å². The van der Waals surface area contributed by atoms with Crippen LogP contribution in [-0.4, -0.2) is 55.5 Å². The Morgan fingerprint density at radius 2 is 1.82 bits per heavy atom. The van der Waals surface area contributed by atoms with Gasteiger partial charge in [-0.15, -0.1) is 10.2 Å². The molecule has 6 rings (SSSR count). The number of benzene rings is 2. The summed E-state index contributed by atoms with van der Waals surface area (Å²) in [5.41, 5.74) is 2.18. The smallest absolute Gasteiger partial charge is 0.330 e. The van der Waals surface area contributed by atoms with E-state index in [9.17, 15) is 4.79 Å². The fourth-order valence-electron chi connectivity index (χ4n) is 5.01. The van der Waals surface area contributed by atoms with E-state index in [1.807, 2.05) is 57.2 Å². The number of ether oxygens (including phenoxy) is 2. The van der Waals surface area contributed by atoms with Crippen molar-refractivity contribution in [3.05, 3.63) is 77.0 Å². The molecule has 40 heavy (non-hydrogen) atoms. The first-order valence-electron chi connectivity index (χ1n) is 13.2. The first-order chi connectivity index (χ1) is 19.2. The molecule has 4 heterocycles. The zero-order valence-corrected chi connectivity index (χ0v) is 24.1. The van der Waals surface area contributed by atoms with Gasteiger partial charge < -0.3 is 14.4 Å². The lowest BCUT2D eigenvalue weighted by Gasteiger charge is -2.43. The molecule has 2 aromatic carbocycles. The van der Waals surface area contributed by atoms with E-state index in [1.165, 1.54) is 16.1 Å². The maximum atomic E-state index is 12.1. The van der Waals surface area contributed by atoms with Crippen LogP contribution in [0.25, 0.3) is 16.3 Å². The largest absolute Gasteiger partial charge is 0.482 e. The highest BCUT2D eigenvalue weighted by Gasteiger charge is 2.40. The molecule has 0 N–H and O–H groups in total. The second kappa shape index (κ2) is 10.3. The van der Waals surface area contributed by atoms with Gasteiger partial charge in [-0.1, -0.05) is 59.3 Å². The van der Waals surface area contributed by atoms with Crippen molar-refractivity contribution in [2.24, 2.45) is 0 Å². The number of carbonyl (C=O) groups is 1. The van der Waals surface area contributed by atoms with E-state index in [4.69, 9.17) is 21.1 Å². The van der Waals surface area contributed by atoms with Crippen LogP contribution in [0.3, 0.4) is 0 Å². The zero-order chi connectivity index (χ0) is 27.9. The number of para-hydroxylation sites is 1. The number of fused-ring (bicyclic) bond motifs is 1. The van der Waals surface area contributed by atoms with E-state index in [-0.39, 0.29) is 6.54 Å². The highest BCUT2D eigenvalue weighted by atomic mass is 35.5. The molecule has 2 aliphatic rings. The fourth-order valence-corrected chi connectivity index (χ4v) is 6.14. The van der Waals surface area contributed by atoms with Gasteiger partial charge in [-0.05, 0) is 49.8 Å². The van der Waals surface area contributed by atoms with Crippen molar-refractivity contribution in [2.75, 3.05) is 18.0 Å². The molecule has 9 nitrogen and oxygen atoms in total. The van der Waals surface area contributed by atoms with Gasteiger partial charge in [0.05, 0.1) is 11.1 Å². The van der Waals surface area contributed by atoms with Crippen molar-refractivity contribution in [1.29, 1.82) is 0 Å². The van der Waals surface area contributed by atoms with Crippen molar-refractivity contribution in [1.82, 2.24) is 25.2 Å². The van der Waals surface area contributed by atoms with Crippen molar-refractivity contribution in [3.63, 3.8) is 0 Å². The summed E-state index contributed by atoms with van der Waals surface area (Å²) < 4.78 is 12.0. The Labute approximate surface area is 241 Å². The highest BCUT2D eigenvalue weighted by molar-refractivity contribution is 7.18. The van der Waals surface area contributed by atoms with Crippen LogP contribution in [0.5, 0.6) is 5.75 Å². The summed E-state index contributed by atoms with van der Waals surface area (Å²) in [6.45, 7) is 6.91. The fraction of sp³-hybridized carbons (Fsp3) is 0.345. The lowest BCUT2D eigenvalue weighted by Crippen LogP contribution is -2.48. The third-order valence-electron chi connectivity index (χ3n) is 6.80. The number of tetrazole rings is 1. The van der Waals surface area contributed by atoms with Crippen molar-refractivity contribution in [2.45, 2.75) is 51.4 Å². The molecule has 1 spiro atoms. The number of nitrogens with zero attached hydrogens (tertiary/aromatic N) is 6. The predicted molar refractivity (Wildman–Crippen MR) is 155 cm³/mol. The van der Waals surface area contributed by atoms with E-state index in [1.54, 1.807) is 6.20 Å². The lowest BCUT2D eigenvalue weighted by molar-refractivity contribution is -0.156. The van der Waals surface area contributed by atoms with E-state index < -0.39 is 17.2 Å². The Morgan fingerprint density at radius 3 is 2.58 bits per heavy atom. The van der Waals surface area contributed by atoms with Crippen LogP contribution < -0.4 is 9.64 Å². The Bertz CT molecular complexity index is 1580. The summed E-state index contributed by atoms with van der Waals surface area (Å²) in [5.74, 6) is 0.897. The van der Waals surface area contributed by atoms with Gasteiger partial charge in [0.15, 0.2) is 11.7 Å². The molecule has 0 amide bonds. The van der Waals surface area contributed by atoms with E-state index in [0.717, 1.165) is 63.4 Å². The molecule has 0 aliphatic carbocycles. The zero-order valence-electron chi connectivity index (χ0n) is 22.5. The van der Waals surface area contributed by atoms with Gasteiger partial charge in [0, 0.05) is 42.1 Å². The molecule has 0 saturated carbocycles. The minimum Gasteiger partial charge on any atom is -0.482 e. The van der Waals surface area contributed by atoms with Crippen LogP contribution in [0.1, 0.15) is 44.7 Å². The van der Waals surface area contributed by atoms with Crippen LogP contribution >= 0.6 is 22.9 Å². The maximum absolute atomic E-state index is 12.1. The number of thiazole rings is 1. The lowest BCUT2D eigenvalue weighted by atomic mass is 9.83. The highest BCUT2D eigenvalue weighted by Crippen LogP contribution is 2.45. The van der Waals surface area contributed by atoms with Crippen molar-refractivity contribution in [3.8, 4) is 16.5 Å². The molecular weight excluding hydrogens is 548 g/mol. The number of hydrogen-bond donors (Lipinski definition) is 0. The van der Waals surface area contributed by atoms with Gasteiger partial charge >= 0.3 is 5.97 Å². The van der Waals surface area contributed by atoms with Crippen LogP contribution in [0, 0.1) is 0 Å². The standard InChI is InChI=1S/C29H29ClN6O3S/c1-28(2,3)39-25(37)18-36-33-26(32-34-36)24-17-31-27(40-24)35-14-12-29(13-15-35)16-21(19-8-4-6-10-22(19)30)20-9-5-7-11-23(20)38-29/h4-11,16-17H,12-15,18H2,1-3H3. The monoisotopic (exact) mass is 576 g/mol.